The Morgan fingerprint density at radius 1 is 0.938 bits per heavy atom. The lowest BCUT2D eigenvalue weighted by Crippen LogP contribution is -2.17. The first kappa shape index (κ1) is 12.1. The maximum Gasteiger partial charge on any atom is 0.0175 e. The fourth-order valence-electron chi connectivity index (χ4n) is 2.43. The van der Waals surface area contributed by atoms with E-state index in [0.29, 0.717) is 0 Å². The third kappa shape index (κ3) is 3.60. The van der Waals surface area contributed by atoms with Crippen LogP contribution in [0.3, 0.4) is 0 Å². The second-order valence-electron chi connectivity index (χ2n) is 4.64. The zero-order chi connectivity index (χ0) is 11.2. The summed E-state index contributed by atoms with van der Waals surface area (Å²) in [6, 6.07) is 8.87. The monoisotopic (exact) mass is 281 g/mol. The van der Waals surface area contributed by atoms with Crippen LogP contribution >= 0.6 is 15.9 Å². The second-order valence-corrected chi connectivity index (χ2v) is 5.55. The Bertz CT molecular complexity index is 297. The Morgan fingerprint density at radius 3 is 2.56 bits per heavy atom. The Morgan fingerprint density at radius 2 is 1.75 bits per heavy atom. The van der Waals surface area contributed by atoms with Crippen LogP contribution in [0, 0.1) is 0 Å². The van der Waals surface area contributed by atoms with Crippen LogP contribution < -0.4 is 5.32 Å². The Balaban J connectivity index is 2.01. The van der Waals surface area contributed by atoms with E-state index in [0.717, 1.165) is 5.92 Å². The lowest BCUT2D eigenvalue weighted by atomic mass is 9.91. The van der Waals surface area contributed by atoms with Crippen LogP contribution in [0.2, 0.25) is 0 Å². The van der Waals surface area contributed by atoms with Crippen molar-refractivity contribution >= 4 is 15.9 Å². The van der Waals surface area contributed by atoms with Crippen LogP contribution in [0.25, 0.3) is 0 Å². The number of hydrogen-bond donors (Lipinski definition) is 1. The molecule has 1 aliphatic rings. The van der Waals surface area contributed by atoms with Gasteiger partial charge < -0.3 is 5.32 Å². The van der Waals surface area contributed by atoms with Gasteiger partial charge in [0.1, 0.15) is 0 Å². The summed E-state index contributed by atoms with van der Waals surface area (Å²) in [6.07, 6.45) is 6.72. The summed E-state index contributed by atoms with van der Waals surface area (Å²) in [5, 5.41) is 3.53. The molecule has 1 nitrogen and oxygen atoms in total. The lowest BCUT2D eigenvalue weighted by Gasteiger charge is -2.16. The molecule has 1 heterocycles. The molecule has 1 atom stereocenters. The standard InChI is InChI=1S/C14H20BrN/c15-14-7-5-13(6-8-14)12-4-2-1-3-10-16-11-9-12/h5-8,12,16H,1-4,9-11H2. The highest BCUT2D eigenvalue weighted by atomic mass is 79.9. The molecule has 0 aromatic heterocycles. The van der Waals surface area contributed by atoms with Crippen LogP contribution in [0.5, 0.6) is 0 Å². The van der Waals surface area contributed by atoms with Gasteiger partial charge in [0.2, 0.25) is 0 Å². The van der Waals surface area contributed by atoms with E-state index in [1.165, 1.54) is 55.2 Å². The van der Waals surface area contributed by atoms with Crippen molar-refractivity contribution in [2.75, 3.05) is 13.1 Å². The van der Waals surface area contributed by atoms with E-state index in [-0.39, 0.29) is 0 Å². The van der Waals surface area contributed by atoms with Gasteiger partial charge in [-0.25, -0.2) is 0 Å². The average molecular weight is 282 g/mol. The number of rotatable bonds is 1. The Hall–Kier alpha value is -0.340. The SMILES string of the molecule is Brc1ccc(C2CCCCCNCC2)cc1. The molecule has 1 fully saturated rings. The van der Waals surface area contributed by atoms with Crippen molar-refractivity contribution in [3.05, 3.63) is 34.3 Å². The zero-order valence-electron chi connectivity index (χ0n) is 9.71. The minimum atomic E-state index is 0.749. The molecule has 2 rings (SSSR count). The summed E-state index contributed by atoms with van der Waals surface area (Å²) in [6.45, 7) is 2.37. The van der Waals surface area contributed by atoms with Crippen LogP contribution in [-0.4, -0.2) is 13.1 Å². The highest BCUT2D eigenvalue weighted by Gasteiger charge is 2.12. The highest BCUT2D eigenvalue weighted by Crippen LogP contribution is 2.27. The van der Waals surface area contributed by atoms with Gasteiger partial charge >= 0.3 is 0 Å². The van der Waals surface area contributed by atoms with Gasteiger partial charge in [-0.2, -0.15) is 0 Å². The van der Waals surface area contributed by atoms with Crippen molar-refractivity contribution < 1.29 is 0 Å². The molecule has 0 radical (unpaired) electrons. The van der Waals surface area contributed by atoms with Gasteiger partial charge in [-0.05, 0) is 56.0 Å². The van der Waals surface area contributed by atoms with E-state index in [1.54, 1.807) is 0 Å². The molecule has 0 spiro atoms. The summed E-state index contributed by atoms with van der Waals surface area (Å²) in [5.74, 6) is 0.749. The first-order valence-electron chi connectivity index (χ1n) is 6.32. The van der Waals surface area contributed by atoms with Crippen molar-refractivity contribution in [1.29, 1.82) is 0 Å². The number of benzene rings is 1. The first-order chi connectivity index (χ1) is 7.86. The van der Waals surface area contributed by atoms with E-state index in [4.69, 9.17) is 0 Å². The number of halogens is 1. The minimum Gasteiger partial charge on any atom is -0.317 e. The molecular formula is C14H20BrN. The number of nitrogens with one attached hydrogen (secondary N) is 1. The van der Waals surface area contributed by atoms with Gasteiger partial charge in [-0.1, -0.05) is 40.9 Å². The predicted octanol–water partition coefficient (Wildman–Crippen LogP) is 4.09. The van der Waals surface area contributed by atoms with Crippen LogP contribution in [0.4, 0.5) is 0 Å². The van der Waals surface area contributed by atoms with Crippen molar-refractivity contribution in [2.45, 2.75) is 38.0 Å². The fourth-order valence-corrected chi connectivity index (χ4v) is 2.70. The topological polar surface area (TPSA) is 12.0 Å². The molecule has 1 aromatic rings. The predicted molar refractivity (Wildman–Crippen MR) is 72.8 cm³/mol. The number of hydrogen-bond acceptors (Lipinski definition) is 1. The quantitative estimate of drug-likeness (QED) is 0.818. The van der Waals surface area contributed by atoms with Crippen LogP contribution in [0.15, 0.2) is 28.7 Å². The van der Waals surface area contributed by atoms with Gasteiger partial charge in [-0.3, -0.25) is 0 Å². The molecule has 1 aliphatic heterocycles. The molecule has 0 bridgehead atoms. The maximum atomic E-state index is 3.53. The van der Waals surface area contributed by atoms with Gasteiger partial charge in [0.05, 0.1) is 0 Å². The van der Waals surface area contributed by atoms with Gasteiger partial charge in [0.15, 0.2) is 0 Å². The van der Waals surface area contributed by atoms with Crippen LogP contribution in [0.1, 0.15) is 43.6 Å². The summed E-state index contributed by atoms with van der Waals surface area (Å²) in [4.78, 5) is 0. The fraction of sp³-hybridized carbons (Fsp3) is 0.571. The van der Waals surface area contributed by atoms with Crippen LogP contribution in [-0.2, 0) is 0 Å². The van der Waals surface area contributed by atoms with Crippen molar-refractivity contribution in [3.8, 4) is 0 Å². The van der Waals surface area contributed by atoms with Gasteiger partial charge in [0, 0.05) is 4.47 Å². The molecule has 16 heavy (non-hydrogen) atoms. The molecular weight excluding hydrogens is 262 g/mol. The van der Waals surface area contributed by atoms with Crippen molar-refractivity contribution in [2.24, 2.45) is 0 Å². The first-order valence-corrected chi connectivity index (χ1v) is 7.12. The van der Waals surface area contributed by atoms with E-state index < -0.39 is 0 Å². The summed E-state index contributed by atoms with van der Waals surface area (Å²) in [7, 11) is 0. The van der Waals surface area contributed by atoms with Crippen molar-refractivity contribution in [1.82, 2.24) is 5.32 Å². The Labute approximate surface area is 107 Å². The van der Waals surface area contributed by atoms with E-state index in [2.05, 4.69) is 45.5 Å². The molecule has 1 unspecified atom stereocenters. The molecule has 0 amide bonds. The van der Waals surface area contributed by atoms with Crippen molar-refractivity contribution in [3.63, 3.8) is 0 Å². The highest BCUT2D eigenvalue weighted by molar-refractivity contribution is 9.10. The summed E-state index contributed by atoms with van der Waals surface area (Å²) < 4.78 is 1.18. The van der Waals surface area contributed by atoms with E-state index >= 15 is 0 Å². The third-order valence-electron chi connectivity index (χ3n) is 3.42. The average Bonchev–Trinajstić information content (AvgIpc) is 2.43. The van der Waals surface area contributed by atoms with Gasteiger partial charge in [0.25, 0.3) is 0 Å². The summed E-state index contributed by atoms with van der Waals surface area (Å²) in [5.41, 5.74) is 1.51. The smallest absolute Gasteiger partial charge is 0.0175 e. The summed E-state index contributed by atoms with van der Waals surface area (Å²) >= 11 is 3.50. The third-order valence-corrected chi connectivity index (χ3v) is 3.95. The maximum absolute atomic E-state index is 3.53. The normalized spacial score (nSPS) is 23.2. The molecule has 1 saturated heterocycles. The molecule has 0 saturated carbocycles. The molecule has 1 aromatic carbocycles. The second kappa shape index (κ2) is 6.41. The van der Waals surface area contributed by atoms with E-state index in [1.807, 2.05) is 0 Å². The lowest BCUT2D eigenvalue weighted by molar-refractivity contribution is 0.549. The van der Waals surface area contributed by atoms with E-state index in [9.17, 15) is 0 Å². The molecule has 1 N–H and O–H groups in total. The largest absolute Gasteiger partial charge is 0.317 e. The van der Waals surface area contributed by atoms with Gasteiger partial charge in [-0.15, -0.1) is 0 Å². The molecule has 0 aliphatic carbocycles. The molecule has 88 valence electrons. The molecule has 2 heteroatoms. The Kier molecular flexibility index (Phi) is 4.86. The minimum absolute atomic E-state index is 0.749. The zero-order valence-corrected chi connectivity index (χ0v) is 11.3.